The van der Waals surface area contributed by atoms with Crippen LogP contribution < -0.4 is 5.32 Å². The summed E-state index contributed by atoms with van der Waals surface area (Å²) in [6.45, 7) is 4.74. The van der Waals surface area contributed by atoms with E-state index in [0.29, 0.717) is 32.0 Å². The fraction of sp³-hybridized carbons (Fsp3) is 0.667. The minimum Gasteiger partial charge on any atom is -0.481 e. The van der Waals surface area contributed by atoms with Gasteiger partial charge in [0.25, 0.3) is 0 Å². The highest BCUT2D eigenvalue weighted by Gasteiger charge is 2.31. The molecule has 0 aromatic rings. The molecule has 96 valence electrons. The maximum Gasteiger partial charge on any atom is 0.317 e. The average molecular weight is 240 g/mol. The first-order valence-electron chi connectivity index (χ1n) is 6.02. The van der Waals surface area contributed by atoms with Gasteiger partial charge in [-0.1, -0.05) is 6.08 Å². The molecule has 0 bridgehead atoms. The Morgan fingerprint density at radius 1 is 1.41 bits per heavy atom. The summed E-state index contributed by atoms with van der Waals surface area (Å²) < 4.78 is 0. The smallest absolute Gasteiger partial charge is 0.317 e. The monoisotopic (exact) mass is 240 g/mol. The third-order valence-electron chi connectivity index (χ3n) is 2.67. The van der Waals surface area contributed by atoms with E-state index >= 15 is 0 Å². The summed E-state index contributed by atoms with van der Waals surface area (Å²) in [5.74, 6) is -0.789. The van der Waals surface area contributed by atoms with E-state index < -0.39 is 5.97 Å². The van der Waals surface area contributed by atoms with Crippen LogP contribution in [0.2, 0.25) is 0 Å². The van der Waals surface area contributed by atoms with Crippen LogP contribution in [-0.2, 0) is 4.79 Å². The van der Waals surface area contributed by atoms with Gasteiger partial charge >= 0.3 is 12.0 Å². The van der Waals surface area contributed by atoms with Crippen molar-refractivity contribution in [1.29, 1.82) is 0 Å². The molecule has 5 heteroatoms. The predicted octanol–water partition coefficient (Wildman–Crippen LogP) is 1.60. The number of carbonyl (C=O) groups excluding carboxylic acids is 1. The summed E-state index contributed by atoms with van der Waals surface area (Å²) in [5, 5.41) is 11.3. The van der Waals surface area contributed by atoms with Crippen molar-refractivity contribution < 1.29 is 14.7 Å². The normalized spacial score (nSPS) is 14.1. The zero-order valence-corrected chi connectivity index (χ0v) is 10.0. The van der Waals surface area contributed by atoms with Crippen LogP contribution in [0.3, 0.4) is 0 Å². The number of unbranched alkanes of at least 4 members (excludes halogenated alkanes) is 1. The minimum atomic E-state index is -0.789. The lowest BCUT2D eigenvalue weighted by Gasteiger charge is -2.21. The summed E-state index contributed by atoms with van der Waals surface area (Å²) in [7, 11) is 0. The van der Waals surface area contributed by atoms with Crippen molar-refractivity contribution in [3.8, 4) is 0 Å². The maximum absolute atomic E-state index is 11.8. The fourth-order valence-electron chi connectivity index (χ4n) is 1.62. The van der Waals surface area contributed by atoms with Crippen molar-refractivity contribution in [2.75, 3.05) is 13.1 Å². The molecule has 17 heavy (non-hydrogen) atoms. The lowest BCUT2D eigenvalue weighted by Crippen LogP contribution is -2.41. The number of amides is 2. The highest BCUT2D eigenvalue weighted by molar-refractivity contribution is 5.75. The standard InChI is InChI=1S/C12H20N2O3/c1-2-9-14(10-6-7-10)12(17)13-8-4-3-5-11(15)16/h2,10H,1,3-9H2,(H,13,17)(H,15,16). The minimum absolute atomic E-state index is 0.0669. The molecule has 1 fully saturated rings. The van der Waals surface area contributed by atoms with Gasteiger partial charge in [-0.3, -0.25) is 4.79 Å². The number of nitrogens with zero attached hydrogens (tertiary/aromatic N) is 1. The van der Waals surface area contributed by atoms with Gasteiger partial charge in [0.2, 0.25) is 0 Å². The average Bonchev–Trinajstić information content (AvgIpc) is 3.08. The number of urea groups is 1. The van der Waals surface area contributed by atoms with E-state index in [0.717, 1.165) is 12.8 Å². The highest BCUT2D eigenvalue weighted by atomic mass is 16.4. The van der Waals surface area contributed by atoms with Crippen molar-refractivity contribution >= 4 is 12.0 Å². The number of rotatable bonds is 8. The Labute approximate surface area is 101 Å². The number of nitrogens with one attached hydrogen (secondary N) is 1. The number of hydrogen-bond donors (Lipinski definition) is 2. The first-order valence-corrected chi connectivity index (χ1v) is 6.02. The van der Waals surface area contributed by atoms with Crippen molar-refractivity contribution in [3.63, 3.8) is 0 Å². The van der Waals surface area contributed by atoms with Gasteiger partial charge in [0, 0.05) is 25.6 Å². The first kappa shape index (κ1) is 13.5. The summed E-state index contributed by atoms with van der Waals surface area (Å²) >= 11 is 0. The quantitative estimate of drug-likeness (QED) is 0.500. The second-order valence-corrected chi connectivity index (χ2v) is 4.25. The van der Waals surface area contributed by atoms with Gasteiger partial charge in [0.1, 0.15) is 0 Å². The van der Waals surface area contributed by atoms with Gasteiger partial charge < -0.3 is 15.3 Å². The molecule has 1 aliphatic carbocycles. The number of carboxylic acids is 1. The van der Waals surface area contributed by atoms with E-state index in [2.05, 4.69) is 11.9 Å². The number of carbonyl (C=O) groups is 2. The Bertz CT molecular complexity index is 287. The van der Waals surface area contributed by atoms with Crippen LogP contribution in [0.25, 0.3) is 0 Å². The molecule has 0 radical (unpaired) electrons. The fourth-order valence-corrected chi connectivity index (χ4v) is 1.62. The highest BCUT2D eigenvalue weighted by Crippen LogP contribution is 2.26. The van der Waals surface area contributed by atoms with Crippen LogP contribution >= 0.6 is 0 Å². The van der Waals surface area contributed by atoms with Crippen molar-refractivity contribution in [2.45, 2.75) is 38.1 Å². The van der Waals surface area contributed by atoms with E-state index in [-0.39, 0.29) is 12.5 Å². The lowest BCUT2D eigenvalue weighted by molar-refractivity contribution is -0.137. The topological polar surface area (TPSA) is 69.6 Å². The van der Waals surface area contributed by atoms with Gasteiger partial charge in [-0.2, -0.15) is 0 Å². The molecule has 5 nitrogen and oxygen atoms in total. The molecule has 2 amide bonds. The molecule has 1 saturated carbocycles. The second kappa shape index (κ2) is 6.93. The van der Waals surface area contributed by atoms with Gasteiger partial charge in [0.05, 0.1) is 0 Å². The zero-order chi connectivity index (χ0) is 12.7. The molecule has 0 aliphatic heterocycles. The molecule has 0 aromatic carbocycles. The van der Waals surface area contributed by atoms with Crippen LogP contribution in [0.1, 0.15) is 32.1 Å². The molecule has 0 saturated heterocycles. The third kappa shape index (κ3) is 5.38. The third-order valence-corrected chi connectivity index (χ3v) is 2.67. The van der Waals surface area contributed by atoms with Crippen molar-refractivity contribution in [1.82, 2.24) is 10.2 Å². The lowest BCUT2D eigenvalue weighted by atomic mass is 10.2. The molecule has 0 spiro atoms. The van der Waals surface area contributed by atoms with E-state index in [1.807, 2.05) is 0 Å². The summed E-state index contributed by atoms with van der Waals surface area (Å²) in [6.07, 6.45) is 5.32. The molecule has 2 N–H and O–H groups in total. The molecular formula is C12H20N2O3. The predicted molar refractivity (Wildman–Crippen MR) is 64.8 cm³/mol. The number of hydrogen-bond acceptors (Lipinski definition) is 2. The number of carboxylic acid groups (broad SMARTS) is 1. The van der Waals surface area contributed by atoms with Crippen LogP contribution in [-0.4, -0.2) is 41.1 Å². The maximum atomic E-state index is 11.8. The summed E-state index contributed by atoms with van der Waals surface area (Å²) in [4.78, 5) is 23.8. The van der Waals surface area contributed by atoms with Crippen LogP contribution in [0.15, 0.2) is 12.7 Å². The van der Waals surface area contributed by atoms with E-state index in [9.17, 15) is 9.59 Å². The van der Waals surface area contributed by atoms with Gasteiger partial charge in [-0.05, 0) is 25.7 Å². The van der Waals surface area contributed by atoms with Gasteiger partial charge in [-0.25, -0.2) is 4.79 Å². The molecule has 0 atom stereocenters. The Morgan fingerprint density at radius 3 is 2.65 bits per heavy atom. The SMILES string of the molecule is C=CCN(C(=O)NCCCCC(=O)O)C1CC1. The van der Waals surface area contributed by atoms with Crippen LogP contribution in [0.5, 0.6) is 0 Å². The number of aliphatic carboxylic acids is 1. The Balaban J connectivity index is 2.14. The zero-order valence-electron chi connectivity index (χ0n) is 10.0. The van der Waals surface area contributed by atoms with Crippen molar-refractivity contribution in [2.24, 2.45) is 0 Å². The molecule has 0 unspecified atom stereocenters. The van der Waals surface area contributed by atoms with E-state index in [1.54, 1.807) is 11.0 Å². The molecule has 0 aromatic heterocycles. The van der Waals surface area contributed by atoms with E-state index in [1.165, 1.54) is 0 Å². The molecule has 0 heterocycles. The largest absolute Gasteiger partial charge is 0.481 e. The molecule has 1 rings (SSSR count). The first-order chi connectivity index (χ1) is 8.15. The summed E-state index contributed by atoms with van der Waals surface area (Å²) in [5.41, 5.74) is 0. The molecule has 1 aliphatic rings. The Morgan fingerprint density at radius 2 is 2.12 bits per heavy atom. The molecular weight excluding hydrogens is 220 g/mol. The second-order valence-electron chi connectivity index (χ2n) is 4.25. The van der Waals surface area contributed by atoms with Crippen molar-refractivity contribution in [3.05, 3.63) is 12.7 Å². The summed E-state index contributed by atoms with van der Waals surface area (Å²) in [6, 6.07) is 0.301. The van der Waals surface area contributed by atoms with Gasteiger partial charge in [-0.15, -0.1) is 6.58 Å². The van der Waals surface area contributed by atoms with Crippen LogP contribution in [0, 0.1) is 0 Å². The van der Waals surface area contributed by atoms with E-state index in [4.69, 9.17) is 5.11 Å². The Kier molecular flexibility index (Phi) is 5.52. The Hall–Kier alpha value is -1.52. The van der Waals surface area contributed by atoms with Gasteiger partial charge in [0.15, 0.2) is 0 Å². The van der Waals surface area contributed by atoms with Crippen LogP contribution in [0.4, 0.5) is 4.79 Å².